The van der Waals surface area contributed by atoms with Gasteiger partial charge in [0.15, 0.2) is 5.78 Å². The Morgan fingerprint density at radius 2 is 1.65 bits per heavy atom. The Bertz CT molecular complexity index is 833. The zero-order chi connectivity index (χ0) is 16.0. The van der Waals surface area contributed by atoms with Gasteiger partial charge in [-0.3, -0.25) is 9.59 Å². The van der Waals surface area contributed by atoms with Crippen LogP contribution in [0.5, 0.6) is 0 Å². The van der Waals surface area contributed by atoms with Crippen molar-refractivity contribution in [1.82, 2.24) is 0 Å². The molecule has 1 fully saturated rings. The Morgan fingerprint density at radius 3 is 2.35 bits per heavy atom. The molecule has 3 heteroatoms. The molecule has 0 radical (unpaired) electrons. The van der Waals surface area contributed by atoms with Crippen molar-refractivity contribution in [1.29, 1.82) is 0 Å². The zero-order valence-corrected chi connectivity index (χ0v) is 12.8. The maximum absolute atomic E-state index is 12.9. The number of Topliss-reactive ketones (excluding diaryl/α,β-unsaturated/α-hetero) is 1. The minimum Gasteiger partial charge on any atom is -0.469 e. The Balaban J connectivity index is 1.87. The monoisotopic (exact) mass is 304 g/mol. The maximum Gasteiger partial charge on any atom is 0.309 e. The minimum atomic E-state index is -0.188. The van der Waals surface area contributed by atoms with E-state index < -0.39 is 0 Å². The number of fused-ring (bicyclic) bond motifs is 1. The largest absolute Gasteiger partial charge is 0.469 e. The topological polar surface area (TPSA) is 43.4 Å². The number of rotatable bonds is 3. The molecular weight excluding hydrogens is 288 g/mol. The molecule has 2 aromatic carbocycles. The van der Waals surface area contributed by atoms with Crippen LogP contribution in [0, 0.1) is 11.8 Å². The quantitative estimate of drug-likeness (QED) is 0.814. The molecule has 0 saturated heterocycles. The standard InChI is InChI=1S/C20H16O3/c1-23-20(22)16-11-15(16)18-13-9-5-6-10-14(13)19(21)17(18)12-7-3-2-4-8-12/h2-10,15-16H,11H2,1H3/t15-,16+/m1/s1. The van der Waals surface area contributed by atoms with Crippen LogP contribution >= 0.6 is 0 Å². The number of benzene rings is 2. The lowest BCUT2D eigenvalue weighted by molar-refractivity contribution is -0.142. The number of esters is 1. The number of carbonyl (C=O) groups is 2. The number of carbonyl (C=O) groups excluding carboxylic acids is 2. The smallest absolute Gasteiger partial charge is 0.309 e. The van der Waals surface area contributed by atoms with Gasteiger partial charge in [-0.1, -0.05) is 54.6 Å². The fourth-order valence-electron chi connectivity index (χ4n) is 3.51. The highest BCUT2D eigenvalue weighted by Gasteiger charge is 2.50. The summed E-state index contributed by atoms with van der Waals surface area (Å²) in [5.74, 6) is -0.193. The van der Waals surface area contributed by atoms with E-state index in [2.05, 4.69) is 0 Å². The van der Waals surface area contributed by atoms with Gasteiger partial charge in [0.25, 0.3) is 0 Å². The Morgan fingerprint density at radius 1 is 1.00 bits per heavy atom. The second kappa shape index (κ2) is 5.20. The van der Waals surface area contributed by atoms with E-state index >= 15 is 0 Å². The summed E-state index contributed by atoms with van der Waals surface area (Å²) < 4.78 is 4.87. The lowest BCUT2D eigenvalue weighted by Gasteiger charge is -2.07. The van der Waals surface area contributed by atoms with E-state index in [0.717, 1.165) is 34.3 Å². The zero-order valence-electron chi connectivity index (χ0n) is 12.8. The normalized spacial score (nSPS) is 22.0. The molecule has 114 valence electrons. The highest BCUT2D eigenvalue weighted by Crippen LogP contribution is 2.54. The number of hydrogen-bond acceptors (Lipinski definition) is 3. The molecule has 3 nitrogen and oxygen atoms in total. The molecule has 0 spiro atoms. The fraction of sp³-hybridized carbons (Fsp3) is 0.200. The van der Waals surface area contributed by atoms with Crippen LogP contribution in [0.25, 0.3) is 11.1 Å². The molecule has 2 aliphatic rings. The van der Waals surface area contributed by atoms with Crippen molar-refractivity contribution in [3.63, 3.8) is 0 Å². The van der Waals surface area contributed by atoms with Gasteiger partial charge in [-0.2, -0.15) is 0 Å². The fourth-order valence-corrected chi connectivity index (χ4v) is 3.51. The summed E-state index contributed by atoms with van der Waals surface area (Å²) >= 11 is 0. The molecule has 4 rings (SSSR count). The van der Waals surface area contributed by atoms with Crippen molar-refractivity contribution in [2.24, 2.45) is 11.8 Å². The van der Waals surface area contributed by atoms with Crippen LogP contribution in [0.1, 0.15) is 27.9 Å². The third-order valence-electron chi connectivity index (χ3n) is 4.69. The van der Waals surface area contributed by atoms with Crippen LogP contribution in [0.4, 0.5) is 0 Å². The van der Waals surface area contributed by atoms with Crippen LogP contribution in [-0.2, 0) is 9.53 Å². The third-order valence-corrected chi connectivity index (χ3v) is 4.69. The van der Waals surface area contributed by atoms with Gasteiger partial charge in [0.1, 0.15) is 0 Å². The molecule has 0 unspecified atom stereocenters. The van der Waals surface area contributed by atoms with E-state index in [4.69, 9.17) is 4.74 Å². The van der Waals surface area contributed by atoms with E-state index in [1.54, 1.807) is 0 Å². The highest BCUT2D eigenvalue weighted by atomic mass is 16.5. The molecule has 2 aromatic rings. The second-order valence-corrected chi connectivity index (χ2v) is 6.00. The van der Waals surface area contributed by atoms with E-state index in [0.29, 0.717) is 0 Å². The molecular formula is C20H16O3. The van der Waals surface area contributed by atoms with Gasteiger partial charge in [-0.05, 0) is 29.0 Å². The predicted molar refractivity (Wildman–Crippen MR) is 87.6 cm³/mol. The van der Waals surface area contributed by atoms with Gasteiger partial charge in [0, 0.05) is 11.1 Å². The van der Waals surface area contributed by atoms with Crippen LogP contribution in [0.3, 0.4) is 0 Å². The lowest BCUT2D eigenvalue weighted by atomic mass is 9.96. The van der Waals surface area contributed by atoms with Gasteiger partial charge < -0.3 is 4.74 Å². The molecule has 23 heavy (non-hydrogen) atoms. The van der Waals surface area contributed by atoms with Crippen LogP contribution in [-0.4, -0.2) is 18.9 Å². The van der Waals surface area contributed by atoms with Gasteiger partial charge in [0.2, 0.25) is 0 Å². The first-order chi connectivity index (χ1) is 11.2. The van der Waals surface area contributed by atoms with Crippen molar-refractivity contribution in [3.05, 3.63) is 71.3 Å². The first kappa shape index (κ1) is 13.9. The summed E-state index contributed by atoms with van der Waals surface area (Å²) in [7, 11) is 1.41. The van der Waals surface area contributed by atoms with Gasteiger partial charge in [-0.25, -0.2) is 0 Å². The summed E-state index contributed by atoms with van der Waals surface area (Å²) in [6.45, 7) is 0. The number of hydrogen-bond donors (Lipinski definition) is 0. The molecule has 0 amide bonds. The van der Waals surface area contributed by atoms with Crippen molar-refractivity contribution in [3.8, 4) is 0 Å². The van der Waals surface area contributed by atoms with Crippen molar-refractivity contribution >= 4 is 22.9 Å². The molecule has 2 atom stereocenters. The molecule has 0 heterocycles. The van der Waals surface area contributed by atoms with E-state index in [1.165, 1.54) is 7.11 Å². The van der Waals surface area contributed by atoms with Gasteiger partial charge >= 0.3 is 5.97 Å². The summed E-state index contributed by atoms with van der Waals surface area (Å²) in [5, 5.41) is 0. The maximum atomic E-state index is 12.9. The second-order valence-electron chi connectivity index (χ2n) is 6.00. The predicted octanol–water partition coefficient (Wildman–Crippen LogP) is 3.60. The van der Waals surface area contributed by atoms with Crippen molar-refractivity contribution in [2.45, 2.75) is 6.42 Å². The van der Waals surface area contributed by atoms with Crippen molar-refractivity contribution in [2.75, 3.05) is 7.11 Å². The summed E-state index contributed by atoms with van der Waals surface area (Å²) in [6, 6.07) is 17.4. The van der Waals surface area contributed by atoms with E-state index in [-0.39, 0.29) is 23.6 Å². The Hall–Kier alpha value is -2.68. The average Bonchev–Trinajstić information content (AvgIpc) is 3.34. The minimum absolute atomic E-state index is 0.0531. The molecule has 0 aromatic heterocycles. The van der Waals surface area contributed by atoms with Crippen LogP contribution in [0.15, 0.2) is 54.6 Å². The number of ether oxygens (including phenoxy) is 1. The SMILES string of the molecule is COC(=O)[C@H]1C[C@H]1C1=C(c2ccccc2)C(=O)c2ccccc21. The summed E-state index contributed by atoms with van der Waals surface area (Å²) in [6.07, 6.45) is 0.750. The third kappa shape index (κ3) is 2.12. The van der Waals surface area contributed by atoms with Crippen LogP contribution < -0.4 is 0 Å². The van der Waals surface area contributed by atoms with E-state index in [1.807, 2.05) is 54.6 Å². The number of ketones is 1. The Labute approximate surface area is 134 Å². The molecule has 0 N–H and O–H groups in total. The number of allylic oxidation sites excluding steroid dienone is 2. The average molecular weight is 304 g/mol. The molecule has 2 aliphatic carbocycles. The summed E-state index contributed by atoms with van der Waals surface area (Å²) in [5.41, 5.74) is 4.36. The first-order valence-corrected chi connectivity index (χ1v) is 7.74. The molecule has 1 saturated carbocycles. The molecule has 0 bridgehead atoms. The van der Waals surface area contributed by atoms with E-state index in [9.17, 15) is 9.59 Å². The van der Waals surface area contributed by atoms with Gasteiger partial charge in [-0.15, -0.1) is 0 Å². The highest BCUT2D eigenvalue weighted by molar-refractivity contribution is 6.40. The first-order valence-electron chi connectivity index (χ1n) is 7.74. The number of methoxy groups -OCH3 is 1. The van der Waals surface area contributed by atoms with Crippen molar-refractivity contribution < 1.29 is 14.3 Å². The Kier molecular flexibility index (Phi) is 3.15. The molecule has 0 aliphatic heterocycles. The van der Waals surface area contributed by atoms with Crippen LogP contribution in [0.2, 0.25) is 0 Å². The lowest BCUT2D eigenvalue weighted by Crippen LogP contribution is -2.05. The summed E-state index contributed by atoms with van der Waals surface area (Å²) in [4.78, 5) is 24.8. The van der Waals surface area contributed by atoms with Gasteiger partial charge in [0.05, 0.1) is 13.0 Å².